The molecule has 8 fully saturated rings. The summed E-state index contributed by atoms with van der Waals surface area (Å²) in [6.07, 6.45) is -84.4. The molecule has 8 saturated heterocycles. The highest BCUT2D eigenvalue weighted by Crippen LogP contribution is 2.43. The fraction of sp³-hybridized carbons (Fsp3) is 0.926. The van der Waals surface area contributed by atoms with Crippen LogP contribution in [0.3, 0.4) is 0 Å². The number of aliphatic hydroxyl groups is 11. The molecule has 0 bridgehead atoms. The van der Waals surface area contributed by atoms with Gasteiger partial charge in [0.25, 0.3) is 0 Å². The van der Waals surface area contributed by atoms with Crippen LogP contribution in [-0.2, 0) is 177 Å². The van der Waals surface area contributed by atoms with Crippen molar-refractivity contribution in [2.45, 2.75) is 256 Å². The van der Waals surface area contributed by atoms with Gasteiger partial charge in [-0.25, -0.2) is 45.0 Å². The van der Waals surface area contributed by atoms with Crippen LogP contribution in [-0.4, -0.2) is 420 Å². The van der Waals surface area contributed by atoms with E-state index in [1.54, 1.807) is 0 Å². The lowest BCUT2D eigenvalue weighted by Crippen LogP contribution is -2.68. The van der Waals surface area contributed by atoms with Crippen molar-refractivity contribution in [1.82, 2.24) is 0 Å². The highest BCUT2D eigenvalue weighted by atomic mass is 32.3. The van der Waals surface area contributed by atoms with Crippen LogP contribution >= 0.6 is 12.9 Å². The fourth-order valence-electron chi connectivity index (χ4n) is 13.4. The molecular formula is C54H86O57S6. The van der Waals surface area contributed by atoms with Crippen LogP contribution in [0.25, 0.3) is 0 Å². The molecule has 0 aromatic carbocycles. The van der Waals surface area contributed by atoms with E-state index in [2.05, 4.69) is 38.2 Å². The maximum Gasteiger partial charge on any atom is 0.397 e. The first-order valence-electron chi connectivity index (χ1n) is 34.0. The maximum absolute atomic E-state index is 13.2. The van der Waals surface area contributed by atoms with Crippen molar-refractivity contribution in [2.24, 2.45) is 23.7 Å². The van der Waals surface area contributed by atoms with Gasteiger partial charge >= 0.3 is 75.9 Å². The third kappa shape index (κ3) is 24.7. The number of carbonyl (C=O) groups is 4. The number of carboxylic acid groups (broad SMARTS) is 4. The molecular weight excluding hydrogens is 1750 g/mol. The summed E-state index contributed by atoms with van der Waals surface area (Å²) < 4.78 is 284. The minimum absolute atomic E-state index is 0.149. The molecule has 40 atom stereocenters. The molecule has 0 radical (unpaired) electrons. The normalized spacial score (nSPS) is 44.2. The molecule has 57 nitrogen and oxygen atoms in total. The van der Waals surface area contributed by atoms with Gasteiger partial charge in [-0.15, -0.1) is 0 Å². The molecule has 0 spiro atoms. The Bertz CT molecular complexity index is 3930. The summed E-state index contributed by atoms with van der Waals surface area (Å²) in [7, 11) is -27.9. The lowest BCUT2D eigenvalue weighted by Gasteiger charge is -2.50. The van der Waals surface area contributed by atoms with Crippen LogP contribution in [0, 0.1) is 23.7 Å². The van der Waals surface area contributed by atoms with E-state index in [9.17, 15) is 156 Å². The van der Waals surface area contributed by atoms with Crippen molar-refractivity contribution >= 4 is 88.8 Å². The molecule has 20 N–H and O–H groups in total. The number of carboxylic acids is 4. The largest absolute Gasteiger partial charge is 0.479 e. The monoisotopic (exact) mass is 1840 g/mol. The molecule has 0 aromatic heterocycles. The van der Waals surface area contributed by atoms with Crippen molar-refractivity contribution < 1.29 is 267 Å². The van der Waals surface area contributed by atoms with Crippen LogP contribution < -0.4 is 0 Å². The van der Waals surface area contributed by atoms with Crippen LogP contribution in [0.15, 0.2) is 0 Å². The molecule has 63 heteroatoms. The Labute approximate surface area is 665 Å². The second-order valence-electron chi connectivity index (χ2n) is 27.2. The molecule has 8 aliphatic rings. The third-order valence-corrected chi connectivity index (χ3v) is 21.6. The SMILES string of the molecule is CCOC1OC(C(=O)O)C(OC2OC(COS(=O)(=O)O)C(OC3OC(C(=O)O)C(OC4OC(COS(=O)(=O)O)C(OC5OC(C(=O)O)C(OC6OC(COS(=O)(=O)O)C(OC7OC(C(=O)O)C(OC8OC(COS(=O)(=O)O)C(O)C(O)C8C)C(O)C7O)C(O)C6C)C(O)C5OS(=O)(=O)O)C(O)C4C)C(O)C3O)C(O)C2C)C(O)C1OOS. The molecule has 8 aliphatic heterocycles. The predicted molar refractivity (Wildman–Crippen MR) is 350 cm³/mol. The highest BCUT2D eigenvalue weighted by Gasteiger charge is 2.62. The summed E-state index contributed by atoms with van der Waals surface area (Å²) in [5.74, 6) is -14.9. The lowest BCUT2D eigenvalue weighted by atomic mass is 9.90. The van der Waals surface area contributed by atoms with E-state index in [0.717, 1.165) is 27.7 Å². The lowest BCUT2D eigenvalue weighted by molar-refractivity contribution is -0.393. The van der Waals surface area contributed by atoms with Crippen molar-refractivity contribution in [3.8, 4) is 0 Å². The van der Waals surface area contributed by atoms with Gasteiger partial charge in [0, 0.05) is 43.2 Å². The molecule has 8 heterocycles. The Kier molecular flexibility index (Phi) is 33.9. The van der Waals surface area contributed by atoms with Crippen molar-refractivity contribution in [2.75, 3.05) is 33.0 Å². The first-order valence-corrected chi connectivity index (χ1v) is 41.2. The summed E-state index contributed by atoms with van der Waals surface area (Å²) in [6.45, 7) is -0.286. The van der Waals surface area contributed by atoms with Crippen molar-refractivity contribution in [1.29, 1.82) is 0 Å². The van der Waals surface area contributed by atoms with E-state index >= 15 is 0 Å². The van der Waals surface area contributed by atoms with E-state index < -0.39 is 347 Å². The van der Waals surface area contributed by atoms with Crippen LogP contribution in [0.1, 0.15) is 34.6 Å². The van der Waals surface area contributed by atoms with Gasteiger partial charge in [0.2, 0.25) is 0 Å². The Balaban J connectivity index is 0.996. The van der Waals surface area contributed by atoms with E-state index in [-0.39, 0.29) is 6.61 Å². The van der Waals surface area contributed by atoms with Gasteiger partial charge in [-0.2, -0.15) is 46.4 Å². The number of ether oxygens (including phenoxy) is 16. The summed E-state index contributed by atoms with van der Waals surface area (Å²) in [4.78, 5) is 56.4. The number of hydrogen-bond donors (Lipinski definition) is 21. The average Bonchev–Trinajstić information content (AvgIpc) is 0.767. The van der Waals surface area contributed by atoms with Crippen molar-refractivity contribution in [3.05, 3.63) is 0 Å². The van der Waals surface area contributed by atoms with E-state index in [1.807, 2.05) is 0 Å². The zero-order valence-electron chi connectivity index (χ0n) is 60.2. The Morgan fingerprint density at radius 2 is 0.564 bits per heavy atom. The minimum Gasteiger partial charge on any atom is -0.479 e. The Hall–Kier alpha value is -3.58. The van der Waals surface area contributed by atoms with Gasteiger partial charge in [0.1, 0.15) is 110 Å². The molecule has 0 saturated carbocycles. The molecule has 8 rings (SSSR count). The summed E-state index contributed by atoms with van der Waals surface area (Å²) in [5.41, 5.74) is 0. The summed E-state index contributed by atoms with van der Waals surface area (Å²) in [5, 5.41) is 168. The number of hydrogen-bond acceptors (Lipinski definition) is 49. The van der Waals surface area contributed by atoms with Gasteiger partial charge in [-0.1, -0.05) is 27.7 Å². The maximum atomic E-state index is 13.2. The zero-order chi connectivity index (χ0) is 87.7. The van der Waals surface area contributed by atoms with Gasteiger partial charge in [0.05, 0.1) is 50.8 Å². The molecule has 680 valence electrons. The quantitative estimate of drug-likeness (QED) is 0.00910. The van der Waals surface area contributed by atoms with E-state index in [4.69, 9.17) is 85.2 Å². The number of aliphatic hydroxyl groups excluding tert-OH is 11. The standard InChI is InChI=1S/C54H86O57S6/c1-6-89-53-37(109-111-112)28(64)35(41(107-53)45(70)71)103-49-12(3)20(56)30(16(95-49)8-91-114(77,78)79)98-52-27(63)25(61)34(40(106-52)44(68)69)102-48-14(5)22(58)32(18(97-48)10-93-116(83,84)85)100-54-38(110-117(86,87)88)29(65)36(42(108-54)46(72)73)104-50-13(4)21(57)31(17(96-50)9-92-115(80,81)82)99-51-26(62)24(60)33(39(105-51)43(66)67)101-47-11(2)19(55)23(59)15(94-47)7-90-113(74,75)76/h11-42,47-65,112H,6-10H2,1-5H3,(H,66,67)(H,68,69)(H,70,71)(H,72,73)(H,74,75,76)(H,77,78,79)(H,80,81,82)(H,83,84,85)(H,86,87,88). The first-order chi connectivity index (χ1) is 54.1. The molecule has 0 aromatic rings. The average molecular weight is 1840 g/mol. The van der Waals surface area contributed by atoms with Gasteiger partial charge in [-0.3, -0.25) is 22.8 Å². The zero-order valence-corrected chi connectivity index (χ0v) is 65.1. The number of rotatable bonds is 36. The molecule has 0 amide bonds. The highest BCUT2D eigenvalue weighted by molar-refractivity contribution is 7.81. The topological polar surface area (TPSA) is 856 Å². The van der Waals surface area contributed by atoms with Crippen molar-refractivity contribution in [3.63, 3.8) is 0 Å². The second kappa shape index (κ2) is 40.2. The van der Waals surface area contributed by atoms with Gasteiger partial charge in [-0.05, 0) is 6.92 Å². The summed E-state index contributed by atoms with van der Waals surface area (Å²) in [6, 6.07) is 0. The Morgan fingerprint density at radius 1 is 0.299 bits per heavy atom. The third-order valence-electron chi connectivity index (χ3n) is 19.3. The fourth-order valence-corrected chi connectivity index (χ4v) is 15.2. The smallest absolute Gasteiger partial charge is 0.397 e. The minimum atomic E-state index is -6.02. The summed E-state index contributed by atoms with van der Waals surface area (Å²) >= 11 is 3.45. The Morgan fingerprint density at radius 3 is 0.863 bits per heavy atom. The molecule has 40 unspecified atom stereocenters. The number of thiol groups is 1. The predicted octanol–water partition coefficient (Wildman–Crippen LogP) is -12.0. The van der Waals surface area contributed by atoms with Crippen LogP contribution in [0.5, 0.6) is 0 Å². The van der Waals surface area contributed by atoms with Gasteiger partial charge < -0.3 is 152 Å². The van der Waals surface area contributed by atoms with Crippen LogP contribution in [0.2, 0.25) is 0 Å². The molecule has 0 aliphatic carbocycles. The van der Waals surface area contributed by atoms with E-state index in [1.165, 1.54) is 6.92 Å². The van der Waals surface area contributed by atoms with E-state index in [0.29, 0.717) is 0 Å². The van der Waals surface area contributed by atoms with Crippen LogP contribution in [0.4, 0.5) is 0 Å². The number of aliphatic carboxylic acids is 4. The molecule has 117 heavy (non-hydrogen) atoms. The second-order valence-corrected chi connectivity index (χ2v) is 32.8. The first kappa shape index (κ1) is 98.9. The van der Waals surface area contributed by atoms with Gasteiger partial charge in [0.15, 0.2) is 86.9 Å².